The lowest BCUT2D eigenvalue weighted by molar-refractivity contribution is 0.0917. The summed E-state index contributed by atoms with van der Waals surface area (Å²) in [6.45, 7) is 0. The summed E-state index contributed by atoms with van der Waals surface area (Å²) in [5, 5.41) is 19.6. The Morgan fingerprint density at radius 1 is 1.32 bits per heavy atom. The van der Waals surface area contributed by atoms with Gasteiger partial charge in [0, 0.05) is 30.4 Å². The van der Waals surface area contributed by atoms with Crippen molar-refractivity contribution in [1.29, 1.82) is 0 Å². The first-order chi connectivity index (χ1) is 12.2. The average Bonchev–Trinajstić information content (AvgIpc) is 3.01. The van der Waals surface area contributed by atoms with Gasteiger partial charge >= 0.3 is 6.01 Å². The number of hydrogen-bond acceptors (Lipinski definition) is 7. The predicted molar refractivity (Wildman–Crippen MR) is 92.8 cm³/mol. The Labute approximate surface area is 147 Å². The van der Waals surface area contributed by atoms with Gasteiger partial charge in [-0.1, -0.05) is 5.10 Å². The van der Waals surface area contributed by atoms with Crippen molar-refractivity contribution in [2.24, 2.45) is 7.05 Å². The largest absolute Gasteiger partial charge is 0.408 e. The average molecular weight is 358 g/mol. The van der Waals surface area contributed by atoms with Crippen molar-refractivity contribution in [1.82, 2.24) is 25.3 Å². The molecule has 2 aliphatic rings. The maximum atomic E-state index is 12.4. The number of anilines is 1. The molecule has 2 fully saturated rings. The molecule has 2 saturated carbocycles. The van der Waals surface area contributed by atoms with E-state index >= 15 is 0 Å². The molecule has 0 aromatic carbocycles. The van der Waals surface area contributed by atoms with E-state index in [0.717, 1.165) is 46.7 Å². The van der Waals surface area contributed by atoms with E-state index in [1.54, 1.807) is 10.9 Å². The van der Waals surface area contributed by atoms with Crippen LogP contribution in [0.4, 0.5) is 6.01 Å². The van der Waals surface area contributed by atoms with Crippen molar-refractivity contribution >= 4 is 33.5 Å². The van der Waals surface area contributed by atoms with Crippen LogP contribution in [0, 0.1) is 0 Å². The molecule has 0 unspecified atom stereocenters. The summed E-state index contributed by atoms with van der Waals surface area (Å²) in [4.78, 5) is 14.1. The number of thiophene rings is 1. The molecule has 1 amide bonds. The van der Waals surface area contributed by atoms with E-state index in [0.29, 0.717) is 11.9 Å². The number of carbonyl (C=O) groups excluding carboxylic acids is 1. The zero-order valence-electron chi connectivity index (χ0n) is 13.7. The van der Waals surface area contributed by atoms with Crippen LogP contribution in [0.2, 0.25) is 0 Å². The summed E-state index contributed by atoms with van der Waals surface area (Å²) < 4.78 is 7.40. The third kappa shape index (κ3) is 2.78. The highest BCUT2D eigenvalue weighted by molar-refractivity contribution is 7.20. The molecular weight excluding hydrogens is 340 g/mol. The van der Waals surface area contributed by atoms with Gasteiger partial charge in [0.2, 0.25) is 5.89 Å². The van der Waals surface area contributed by atoms with E-state index in [9.17, 15) is 4.79 Å². The maximum absolute atomic E-state index is 12.4. The molecule has 2 aliphatic carbocycles. The van der Waals surface area contributed by atoms with Gasteiger partial charge in [-0.2, -0.15) is 5.10 Å². The van der Waals surface area contributed by atoms with Crippen LogP contribution in [0.1, 0.15) is 47.2 Å². The van der Waals surface area contributed by atoms with E-state index in [4.69, 9.17) is 4.42 Å². The summed E-state index contributed by atoms with van der Waals surface area (Å²) in [7, 11) is 1.88. The Morgan fingerprint density at radius 3 is 2.92 bits per heavy atom. The van der Waals surface area contributed by atoms with Crippen LogP contribution in [0.3, 0.4) is 0 Å². The number of rotatable bonds is 5. The molecule has 9 heteroatoms. The fourth-order valence-corrected chi connectivity index (χ4v) is 4.08. The number of hydrogen-bond donors (Lipinski definition) is 2. The number of nitrogens with one attached hydrogen (secondary N) is 2. The number of aryl methyl sites for hydroxylation is 1. The van der Waals surface area contributed by atoms with Gasteiger partial charge in [0.25, 0.3) is 5.91 Å². The zero-order valence-corrected chi connectivity index (χ0v) is 14.5. The highest BCUT2D eigenvalue weighted by Gasteiger charge is 2.33. The lowest BCUT2D eigenvalue weighted by atomic mass is 9.87. The second kappa shape index (κ2) is 5.55. The number of aromatic nitrogens is 4. The fraction of sp³-hybridized carbons (Fsp3) is 0.500. The molecule has 0 radical (unpaired) electrons. The van der Waals surface area contributed by atoms with Gasteiger partial charge in [-0.05, 0) is 31.7 Å². The van der Waals surface area contributed by atoms with E-state index in [2.05, 4.69) is 25.9 Å². The molecule has 0 atom stereocenters. The summed E-state index contributed by atoms with van der Waals surface area (Å²) in [6.07, 6.45) is 5.80. The summed E-state index contributed by atoms with van der Waals surface area (Å²) in [5.41, 5.74) is 0. The quantitative estimate of drug-likeness (QED) is 0.726. The molecule has 5 rings (SSSR count). The second-order valence-corrected chi connectivity index (χ2v) is 7.87. The minimum atomic E-state index is -0.0153. The van der Waals surface area contributed by atoms with Crippen LogP contribution in [-0.4, -0.2) is 38.0 Å². The van der Waals surface area contributed by atoms with Crippen molar-refractivity contribution in [2.45, 2.75) is 43.7 Å². The third-order valence-corrected chi connectivity index (χ3v) is 6.01. The number of carbonyl (C=O) groups is 1. The molecule has 0 spiro atoms. The predicted octanol–water partition coefficient (Wildman–Crippen LogP) is 2.27. The second-order valence-electron chi connectivity index (χ2n) is 6.84. The van der Waals surface area contributed by atoms with Crippen LogP contribution < -0.4 is 10.6 Å². The molecule has 130 valence electrons. The fourth-order valence-electron chi connectivity index (χ4n) is 3.13. The van der Waals surface area contributed by atoms with Crippen LogP contribution in [0.5, 0.6) is 0 Å². The number of amides is 1. The van der Waals surface area contributed by atoms with Crippen molar-refractivity contribution in [2.75, 3.05) is 5.32 Å². The Balaban J connectivity index is 1.14. The smallest absolute Gasteiger partial charge is 0.315 e. The Kier molecular flexibility index (Phi) is 3.30. The van der Waals surface area contributed by atoms with Gasteiger partial charge in [0.1, 0.15) is 4.83 Å². The standard InChI is InChI=1S/C16H18N6O2S/c1-22-15-9(7-17-22)4-12(25-15)13(23)18-10-5-11(6-10)19-16-21-20-14(24-16)8-2-3-8/h4,7-8,10-11H,2-3,5-6H2,1H3,(H,18,23)(H,19,21). The van der Waals surface area contributed by atoms with Crippen LogP contribution >= 0.6 is 11.3 Å². The Bertz CT molecular complexity index is 934. The first-order valence-electron chi connectivity index (χ1n) is 8.48. The van der Waals surface area contributed by atoms with E-state index in [1.165, 1.54) is 11.3 Å². The van der Waals surface area contributed by atoms with E-state index in [-0.39, 0.29) is 18.0 Å². The van der Waals surface area contributed by atoms with Crippen molar-refractivity contribution in [3.05, 3.63) is 23.0 Å². The normalized spacial score (nSPS) is 22.8. The summed E-state index contributed by atoms with van der Waals surface area (Å²) in [6, 6.07) is 2.84. The first-order valence-corrected chi connectivity index (χ1v) is 9.29. The molecule has 2 N–H and O–H groups in total. The minimum absolute atomic E-state index is 0.0153. The Morgan fingerprint density at radius 2 is 2.16 bits per heavy atom. The lowest BCUT2D eigenvalue weighted by Gasteiger charge is -2.35. The van der Waals surface area contributed by atoms with Gasteiger partial charge in [-0.3, -0.25) is 9.48 Å². The van der Waals surface area contributed by atoms with Crippen LogP contribution in [0.15, 0.2) is 16.7 Å². The van der Waals surface area contributed by atoms with Crippen molar-refractivity contribution in [3.8, 4) is 0 Å². The highest BCUT2D eigenvalue weighted by Crippen LogP contribution is 2.39. The molecule has 3 heterocycles. The van der Waals surface area contributed by atoms with Gasteiger partial charge in [0.15, 0.2) is 0 Å². The molecule has 0 bridgehead atoms. The minimum Gasteiger partial charge on any atom is -0.408 e. The maximum Gasteiger partial charge on any atom is 0.315 e. The van der Waals surface area contributed by atoms with Crippen molar-refractivity contribution in [3.63, 3.8) is 0 Å². The van der Waals surface area contributed by atoms with Crippen molar-refractivity contribution < 1.29 is 9.21 Å². The van der Waals surface area contributed by atoms with Crippen LogP contribution in [-0.2, 0) is 7.05 Å². The van der Waals surface area contributed by atoms with Gasteiger partial charge in [-0.25, -0.2) is 0 Å². The molecule has 0 saturated heterocycles. The van der Waals surface area contributed by atoms with Crippen LogP contribution in [0.25, 0.3) is 10.2 Å². The van der Waals surface area contributed by atoms with E-state index in [1.807, 2.05) is 13.1 Å². The molecule has 3 aromatic heterocycles. The zero-order chi connectivity index (χ0) is 17.0. The lowest BCUT2D eigenvalue weighted by Crippen LogP contribution is -2.49. The topological polar surface area (TPSA) is 97.9 Å². The molecular formula is C16H18N6O2S. The highest BCUT2D eigenvalue weighted by atomic mass is 32.1. The van der Waals surface area contributed by atoms with Gasteiger partial charge in [-0.15, -0.1) is 16.4 Å². The van der Waals surface area contributed by atoms with Gasteiger partial charge in [0.05, 0.1) is 11.1 Å². The number of fused-ring (bicyclic) bond motifs is 1. The molecule has 8 nitrogen and oxygen atoms in total. The molecule has 3 aromatic rings. The first kappa shape index (κ1) is 14.9. The summed E-state index contributed by atoms with van der Waals surface area (Å²) in [5.74, 6) is 1.19. The Hall–Kier alpha value is -2.42. The monoisotopic (exact) mass is 358 g/mol. The third-order valence-electron chi connectivity index (χ3n) is 4.80. The molecule has 0 aliphatic heterocycles. The molecule has 25 heavy (non-hydrogen) atoms. The van der Waals surface area contributed by atoms with E-state index < -0.39 is 0 Å². The van der Waals surface area contributed by atoms with Gasteiger partial charge < -0.3 is 15.1 Å². The summed E-state index contributed by atoms with van der Waals surface area (Å²) >= 11 is 1.47. The number of nitrogens with zero attached hydrogens (tertiary/aromatic N) is 4. The SMILES string of the molecule is Cn1ncc2cc(C(=O)NC3CC(Nc4nnc(C5CC5)o4)C3)sc21.